The molecule has 6 nitrogen and oxygen atoms in total. The minimum absolute atomic E-state index is 0.118. The molecule has 1 aromatic carbocycles. The Kier molecular flexibility index (Phi) is 5.59. The lowest BCUT2D eigenvalue weighted by molar-refractivity contribution is -0.123. The molecule has 1 unspecified atom stereocenters. The first-order chi connectivity index (χ1) is 13.6. The molecule has 4 rings (SSSR count). The number of nitrogens with zero attached hydrogens (tertiary/aromatic N) is 2. The number of hydrogen-bond donors (Lipinski definition) is 2. The zero-order valence-corrected chi connectivity index (χ0v) is 17.2. The van der Waals surface area contributed by atoms with Crippen LogP contribution in [-0.4, -0.2) is 33.8 Å². The molecule has 1 amide bonds. The zero-order chi connectivity index (χ0) is 19.5. The number of H-pyrrole nitrogens is 1. The summed E-state index contributed by atoms with van der Waals surface area (Å²) in [6.45, 7) is 2.67. The van der Waals surface area contributed by atoms with E-state index in [1.807, 2.05) is 30.5 Å². The maximum absolute atomic E-state index is 12.6. The predicted molar refractivity (Wildman–Crippen MR) is 112 cm³/mol. The third-order valence-corrected chi connectivity index (χ3v) is 6.11. The van der Waals surface area contributed by atoms with Gasteiger partial charge in [-0.3, -0.25) is 14.5 Å². The number of thiophene rings is 1. The van der Waals surface area contributed by atoms with E-state index in [9.17, 15) is 4.79 Å². The lowest BCUT2D eigenvalue weighted by atomic mass is 10.1. The van der Waals surface area contributed by atoms with Crippen molar-refractivity contribution in [2.24, 2.45) is 0 Å². The van der Waals surface area contributed by atoms with Gasteiger partial charge in [0.15, 0.2) is 10.6 Å². The maximum Gasteiger partial charge on any atom is 0.243 e. The van der Waals surface area contributed by atoms with E-state index >= 15 is 0 Å². The lowest BCUT2D eigenvalue weighted by Gasteiger charge is -2.15. The van der Waals surface area contributed by atoms with Crippen LogP contribution in [0.4, 0.5) is 0 Å². The van der Waals surface area contributed by atoms with Crippen LogP contribution in [0.25, 0.3) is 10.7 Å². The Hall–Kier alpha value is -2.45. The van der Waals surface area contributed by atoms with Crippen molar-refractivity contribution >= 4 is 29.5 Å². The third-order valence-electron chi connectivity index (χ3n) is 4.95. The van der Waals surface area contributed by atoms with E-state index in [4.69, 9.17) is 17.0 Å². The van der Waals surface area contributed by atoms with Crippen LogP contribution in [0, 0.1) is 4.77 Å². The lowest BCUT2D eigenvalue weighted by Crippen LogP contribution is -2.34. The van der Waals surface area contributed by atoms with Crippen LogP contribution < -0.4 is 10.1 Å². The van der Waals surface area contributed by atoms with Gasteiger partial charge in [-0.25, -0.2) is 0 Å². The summed E-state index contributed by atoms with van der Waals surface area (Å²) in [7, 11) is 0. The highest BCUT2D eigenvalue weighted by atomic mass is 32.1. The summed E-state index contributed by atoms with van der Waals surface area (Å²) in [5, 5.41) is 12.0. The number of carbonyl (C=O) groups excluding carboxylic acids is 1. The van der Waals surface area contributed by atoms with Crippen molar-refractivity contribution in [3.05, 3.63) is 51.6 Å². The molecule has 3 aromatic rings. The second kappa shape index (κ2) is 8.28. The number of fused-ring (bicyclic) bond motifs is 1. The number of benzene rings is 1. The molecule has 1 aliphatic carbocycles. The van der Waals surface area contributed by atoms with Crippen LogP contribution in [-0.2, 0) is 17.6 Å². The van der Waals surface area contributed by atoms with E-state index in [1.54, 1.807) is 15.9 Å². The Morgan fingerprint density at radius 3 is 3.07 bits per heavy atom. The quantitative estimate of drug-likeness (QED) is 0.454. The van der Waals surface area contributed by atoms with E-state index in [-0.39, 0.29) is 5.91 Å². The Bertz CT molecular complexity index is 1020. The summed E-state index contributed by atoms with van der Waals surface area (Å²) in [6.07, 6.45) is 3.50. The van der Waals surface area contributed by atoms with E-state index in [0.29, 0.717) is 23.7 Å². The molecule has 0 spiro atoms. The molecule has 0 bridgehead atoms. The third kappa shape index (κ3) is 3.88. The highest BCUT2D eigenvalue weighted by Gasteiger charge is 2.21. The van der Waals surface area contributed by atoms with Gasteiger partial charge in [-0.1, -0.05) is 12.1 Å². The van der Waals surface area contributed by atoms with Crippen LogP contribution in [0.2, 0.25) is 0 Å². The predicted octanol–water partition coefficient (Wildman–Crippen LogP) is 3.91. The first-order valence-electron chi connectivity index (χ1n) is 9.36. The van der Waals surface area contributed by atoms with Crippen molar-refractivity contribution in [1.29, 1.82) is 0 Å². The first kappa shape index (κ1) is 18.9. The first-order valence-corrected chi connectivity index (χ1v) is 10.7. The fourth-order valence-electron chi connectivity index (χ4n) is 3.49. The molecule has 0 fully saturated rings. The summed E-state index contributed by atoms with van der Waals surface area (Å²) in [6, 6.07) is 9.70. The number of aromatic nitrogens is 3. The molecule has 2 aromatic heterocycles. The summed E-state index contributed by atoms with van der Waals surface area (Å²) >= 11 is 6.88. The van der Waals surface area contributed by atoms with Gasteiger partial charge < -0.3 is 10.1 Å². The molecular formula is C20H22N4O2S2. The highest BCUT2D eigenvalue weighted by molar-refractivity contribution is 7.71. The molecule has 2 heterocycles. The Labute approximate surface area is 172 Å². The number of aryl methyl sites for hydroxylation is 2. The Morgan fingerprint density at radius 2 is 2.25 bits per heavy atom. The van der Waals surface area contributed by atoms with Crippen molar-refractivity contribution in [3.8, 4) is 16.5 Å². The van der Waals surface area contributed by atoms with E-state index in [1.165, 1.54) is 17.5 Å². The van der Waals surface area contributed by atoms with Crippen LogP contribution in [0.5, 0.6) is 5.75 Å². The van der Waals surface area contributed by atoms with Gasteiger partial charge in [-0.2, -0.15) is 5.10 Å². The maximum atomic E-state index is 12.6. The monoisotopic (exact) mass is 414 g/mol. The van der Waals surface area contributed by atoms with Crippen molar-refractivity contribution in [2.75, 3.05) is 13.2 Å². The Morgan fingerprint density at radius 1 is 1.39 bits per heavy atom. The van der Waals surface area contributed by atoms with Crippen LogP contribution >= 0.6 is 23.6 Å². The van der Waals surface area contributed by atoms with Gasteiger partial charge in [-0.15, -0.1) is 11.3 Å². The van der Waals surface area contributed by atoms with Gasteiger partial charge in [-0.05, 0) is 73.1 Å². The Balaban J connectivity index is 1.33. The molecule has 1 aliphatic rings. The molecule has 1 atom stereocenters. The van der Waals surface area contributed by atoms with Gasteiger partial charge >= 0.3 is 0 Å². The van der Waals surface area contributed by atoms with Gasteiger partial charge in [0.2, 0.25) is 5.91 Å². The normalized spacial score (nSPS) is 13.9. The van der Waals surface area contributed by atoms with E-state index in [2.05, 4.69) is 27.6 Å². The van der Waals surface area contributed by atoms with Crippen molar-refractivity contribution in [2.45, 2.75) is 32.2 Å². The summed E-state index contributed by atoms with van der Waals surface area (Å²) in [5.41, 5.74) is 2.80. The topological polar surface area (TPSA) is 71.9 Å². The average Bonchev–Trinajstić information content (AvgIpc) is 3.44. The van der Waals surface area contributed by atoms with Crippen LogP contribution in [0.3, 0.4) is 0 Å². The smallest absolute Gasteiger partial charge is 0.243 e. The van der Waals surface area contributed by atoms with Gasteiger partial charge in [0.1, 0.15) is 18.4 Å². The second-order valence-electron chi connectivity index (χ2n) is 6.80. The molecule has 0 radical (unpaired) electrons. The SMILES string of the molecule is CC(C(=O)NCCOc1ccc2c(c1)CCC2)n1c(-c2cccs2)n[nH]c1=S. The average molecular weight is 415 g/mol. The summed E-state index contributed by atoms with van der Waals surface area (Å²) < 4.78 is 7.98. The van der Waals surface area contributed by atoms with Crippen LogP contribution in [0.1, 0.15) is 30.5 Å². The number of nitrogens with one attached hydrogen (secondary N) is 2. The standard InChI is InChI=1S/C20H22N4O2S2/c1-13(24-18(22-23-20(24)27)17-6-3-11-28-17)19(25)21-9-10-26-16-8-7-14-4-2-5-15(14)12-16/h3,6-8,11-13H,2,4-5,9-10H2,1H3,(H,21,25)(H,23,27). The summed E-state index contributed by atoms with van der Waals surface area (Å²) in [5.74, 6) is 1.42. The number of rotatable bonds is 7. The fourth-order valence-corrected chi connectivity index (χ4v) is 4.49. The molecule has 146 valence electrons. The minimum atomic E-state index is -0.469. The number of carbonyl (C=O) groups is 1. The molecule has 8 heteroatoms. The number of hydrogen-bond acceptors (Lipinski definition) is 5. The minimum Gasteiger partial charge on any atom is -0.492 e. The van der Waals surface area contributed by atoms with Crippen molar-refractivity contribution in [3.63, 3.8) is 0 Å². The zero-order valence-electron chi connectivity index (χ0n) is 15.6. The molecule has 28 heavy (non-hydrogen) atoms. The number of amides is 1. The van der Waals surface area contributed by atoms with Crippen LogP contribution in [0.15, 0.2) is 35.7 Å². The molecule has 0 saturated carbocycles. The van der Waals surface area contributed by atoms with Crippen molar-refractivity contribution < 1.29 is 9.53 Å². The molecule has 0 saturated heterocycles. The van der Waals surface area contributed by atoms with Gasteiger partial charge in [0.25, 0.3) is 0 Å². The van der Waals surface area contributed by atoms with Gasteiger partial charge in [0.05, 0.1) is 11.4 Å². The van der Waals surface area contributed by atoms with E-state index < -0.39 is 6.04 Å². The summed E-state index contributed by atoms with van der Waals surface area (Å²) in [4.78, 5) is 13.6. The molecule has 0 aliphatic heterocycles. The largest absolute Gasteiger partial charge is 0.492 e. The van der Waals surface area contributed by atoms with Gasteiger partial charge in [0, 0.05) is 0 Å². The van der Waals surface area contributed by atoms with Crippen molar-refractivity contribution in [1.82, 2.24) is 20.1 Å². The fraction of sp³-hybridized carbons (Fsp3) is 0.350. The highest BCUT2D eigenvalue weighted by Crippen LogP contribution is 2.26. The molecule has 2 N–H and O–H groups in total. The molecular weight excluding hydrogens is 392 g/mol. The number of aromatic amines is 1. The number of ether oxygens (including phenoxy) is 1. The second-order valence-corrected chi connectivity index (χ2v) is 8.13. The van der Waals surface area contributed by atoms with E-state index in [0.717, 1.165) is 23.5 Å².